The zero-order valence-electron chi connectivity index (χ0n) is 12.5. The van der Waals surface area contributed by atoms with Crippen LogP contribution in [0.1, 0.15) is 19.3 Å². The highest BCUT2D eigenvalue weighted by Crippen LogP contribution is 2.27. The number of halogens is 1. The molecule has 0 heterocycles. The molecule has 0 spiro atoms. The number of benzene rings is 1. The number of nitrogens with one attached hydrogen (secondary N) is 1. The Morgan fingerprint density at radius 1 is 1.29 bits per heavy atom. The number of anilines is 1. The lowest BCUT2D eigenvalue weighted by Gasteiger charge is -2.16. The Morgan fingerprint density at radius 3 is 2.62 bits per heavy atom. The molecule has 21 heavy (non-hydrogen) atoms. The van der Waals surface area contributed by atoms with Gasteiger partial charge in [-0.1, -0.05) is 6.42 Å². The summed E-state index contributed by atoms with van der Waals surface area (Å²) < 4.78 is 10.6. The summed E-state index contributed by atoms with van der Waals surface area (Å²) in [5.41, 5.74) is 6.81. The molecule has 1 aliphatic rings. The fourth-order valence-electron chi connectivity index (χ4n) is 2.60. The number of methoxy groups -OCH3 is 2. The molecular weight excluding hydrogens is 381 g/mol. The quantitative estimate of drug-likeness (QED) is 0.449. The van der Waals surface area contributed by atoms with E-state index in [1.807, 2.05) is 24.3 Å². The minimum atomic E-state index is 0. The predicted octanol–water partition coefficient (Wildman–Crippen LogP) is 2.85. The van der Waals surface area contributed by atoms with Crippen molar-refractivity contribution in [1.82, 2.24) is 0 Å². The van der Waals surface area contributed by atoms with Gasteiger partial charge in [0.2, 0.25) is 0 Å². The van der Waals surface area contributed by atoms with Gasteiger partial charge in [-0.15, -0.1) is 24.0 Å². The number of nitrogens with two attached hydrogens (primary N) is 1. The van der Waals surface area contributed by atoms with Gasteiger partial charge in [0.05, 0.1) is 13.2 Å². The van der Waals surface area contributed by atoms with E-state index in [1.165, 1.54) is 6.42 Å². The van der Waals surface area contributed by atoms with Crippen LogP contribution >= 0.6 is 24.0 Å². The number of guanidine groups is 1. The topological polar surface area (TPSA) is 68.9 Å². The van der Waals surface area contributed by atoms with Crippen molar-refractivity contribution in [3.63, 3.8) is 0 Å². The average molecular weight is 405 g/mol. The standard InChI is InChI=1S/C15H23N3O2.HI/c1-19-13-8-6-12(7-9-13)18-15(16)17-10-11-4-3-5-14(11)20-2;/h6-9,11,14H,3-5,10H2,1-2H3,(H3,16,17,18);1H. The van der Waals surface area contributed by atoms with Crippen molar-refractivity contribution in [3.8, 4) is 5.75 Å². The summed E-state index contributed by atoms with van der Waals surface area (Å²) in [5, 5.41) is 3.08. The van der Waals surface area contributed by atoms with Crippen LogP contribution in [0.25, 0.3) is 0 Å². The molecule has 2 unspecified atom stereocenters. The maximum atomic E-state index is 5.91. The third-order valence-corrected chi connectivity index (χ3v) is 3.75. The molecular formula is C15H24IN3O2. The number of hydrogen-bond donors (Lipinski definition) is 2. The lowest BCUT2D eigenvalue weighted by atomic mass is 10.1. The third-order valence-electron chi connectivity index (χ3n) is 3.75. The Labute approximate surface area is 143 Å². The van der Waals surface area contributed by atoms with E-state index in [0.29, 0.717) is 24.5 Å². The van der Waals surface area contributed by atoms with Gasteiger partial charge in [0.25, 0.3) is 0 Å². The zero-order chi connectivity index (χ0) is 14.4. The highest BCUT2D eigenvalue weighted by atomic mass is 127. The summed E-state index contributed by atoms with van der Waals surface area (Å²) >= 11 is 0. The van der Waals surface area contributed by atoms with Gasteiger partial charge in [-0.25, -0.2) is 0 Å². The summed E-state index contributed by atoms with van der Waals surface area (Å²) in [6, 6.07) is 7.59. The van der Waals surface area contributed by atoms with Crippen LogP contribution in [0.3, 0.4) is 0 Å². The summed E-state index contributed by atoms with van der Waals surface area (Å²) in [5.74, 6) is 1.74. The van der Waals surface area contributed by atoms with Crippen molar-refractivity contribution in [3.05, 3.63) is 24.3 Å². The molecule has 1 saturated carbocycles. The molecule has 2 atom stereocenters. The van der Waals surface area contributed by atoms with Gasteiger partial charge in [0.1, 0.15) is 5.75 Å². The maximum Gasteiger partial charge on any atom is 0.193 e. The van der Waals surface area contributed by atoms with E-state index in [1.54, 1.807) is 14.2 Å². The molecule has 5 nitrogen and oxygen atoms in total. The first-order valence-electron chi connectivity index (χ1n) is 6.96. The van der Waals surface area contributed by atoms with Crippen molar-refractivity contribution in [1.29, 1.82) is 0 Å². The normalized spacial score (nSPS) is 21.7. The van der Waals surface area contributed by atoms with Gasteiger partial charge in [0.15, 0.2) is 5.96 Å². The summed E-state index contributed by atoms with van der Waals surface area (Å²) in [6.07, 6.45) is 3.83. The Morgan fingerprint density at radius 2 is 2.00 bits per heavy atom. The summed E-state index contributed by atoms with van der Waals surface area (Å²) in [6.45, 7) is 0.716. The Balaban J connectivity index is 0.00000220. The Hall–Kier alpha value is -1.02. The second-order valence-corrected chi connectivity index (χ2v) is 5.04. The molecule has 3 N–H and O–H groups in total. The minimum Gasteiger partial charge on any atom is -0.497 e. The summed E-state index contributed by atoms with van der Waals surface area (Å²) in [4.78, 5) is 4.41. The molecule has 0 amide bonds. The van der Waals surface area contributed by atoms with Crippen LogP contribution in [0.15, 0.2) is 29.3 Å². The van der Waals surface area contributed by atoms with E-state index in [2.05, 4.69) is 10.3 Å². The van der Waals surface area contributed by atoms with Crippen LogP contribution in [0.4, 0.5) is 5.69 Å². The number of rotatable bonds is 5. The van der Waals surface area contributed by atoms with Gasteiger partial charge in [-0.3, -0.25) is 4.99 Å². The second-order valence-electron chi connectivity index (χ2n) is 5.04. The molecule has 1 aliphatic carbocycles. The average Bonchev–Trinajstić information content (AvgIpc) is 2.93. The Bertz CT molecular complexity index is 451. The van der Waals surface area contributed by atoms with E-state index < -0.39 is 0 Å². The molecule has 0 aromatic heterocycles. The van der Waals surface area contributed by atoms with E-state index in [4.69, 9.17) is 15.2 Å². The molecule has 0 aliphatic heterocycles. The van der Waals surface area contributed by atoms with Crippen molar-refractivity contribution in [2.24, 2.45) is 16.6 Å². The SMILES string of the molecule is COc1ccc(NC(N)=NCC2CCCC2OC)cc1.I. The van der Waals surface area contributed by atoms with Crippen LogP contribution in [-0.2, 0) is 4.74 Å². The molecule has 0 bridgehead atoms. The van der Waals surface area contributed by atoms with Gasteiger partial charge in [-0.05, 0) is 37.1 Å². The Kier molecular flexibility index (Phi) is 7.81. The molecule has 1 aromatic carbocycles. The minimum absolute atomic E-state index is 0. The highest BCUT2D eigenvalue weighted by Gasteiger charge is 2.26. The first kappa shape index (κ1) is 18.0. The predicted molar refractivity (Wildman–Crippen MR) is 96.7 cm³/mol. The number of aliphatic imine (C=N–C) groups is 1. The van der Waals surface area contributed by atoms with Crippen LogP contribution in [0, 0.1) is 5.92 Å². The van der Waals surface area contributed by atoms with Crippen molar-refractivity contribution >= 4 is 35.6 Å². The lowest BCUT2D eigenvalue weighted by Crippen LogP contribution is -2.25. The maximum absolute atomic E-state index is 5.91. The molecule has 118 valence electrons. The lowest BCUT2D eigenvalue weighted by molar-refractivity contribution is 0.0743. The van der Waals surface area contributed by atoms with E-state index in [0.717, 1.165) is 24.3 Å². The molecule has 0 saturated heterocycles. The van der Waals surface area contributed by atoms with Crippen LogP contribution in [0.5, 0.6) is 5.75 Å². The van der Waals surface area contributed by atoms with Gasteiger partial charge < -0.3 is 20.5 Å². The van der Waals surface area contributed by atoms with Crippen molar-refractivity contribution in [2.75, 3.05) is 26.1 Å². The van der Waals surface area contributed by atoms with E-state index >= 15 is 0 Å². The molecule has 1 fully saturated rings. The fourth-order valence-corrected chi connectivity index (χ4v) is 2.60. The van der Waals surface area contributed by atoms with E-state index in [-0.39, 0.29) is 24.0 Å². The largest absolute Gasteiger partial charge is 0.497 e. The first-order chi connectivity index (χ1) is 9.72. The van der Waals surface area contributed by atoms with Gasteiger partial charge >= 0.3 is 0 Å². The zero-order valence-corrected chi connectivity index (χ0v) is 14.9. The molecule has 6 heteroatoms. The smallest absolute Gasteiger partial charge is 0.193 e. The number of ether oxygens (including phenoxy) is 2. The third kappa shape index (κ3) is 5.35. The van der Waals surface area contributed by atoms with Crippen molar-refractivity contribution < 1.29 is 9.47 Å². The molecule has 1 aromatic rings. The second kappa shape index (κ2) is 9.09. The first-order valence-corrected chi connectivity index (χ1v) is 6.96. The van der Waals surface area contributed by atoms with Crippen LogP contribution in [0.2, 0.25) is 0 Å². The monoisotopic (exact) mass is 405 g/mol. The number of nitrogens with zero attached hydrogens (tertiary/aromatic N) is 1. The molecule has 2 rings (SSSR count). The molecule has 0 radical (unpaired) electrons. The van der Waals surface area contributed by atoms with Gasteiger partial charge in [-0.2, -0.15) is 0 Å². The van der Waals surface area contributed by atoms with Crippen molar-refractivity contribution in [2.45, 2.75) is 25.4 Å². The van der Waals surface area contributed by atoms with Crippen LogP contribution < -0.4 is 15.8 Å². The summed E-state index contributed by atoms with van der Waals surface area (Å²) in [7, 11) is 3.41. The highest BCUT2D eigenvalue weighted by molar-refractivity contribution is 14.0. The van der Waals surface area contributed by atoms with Gasteiger partial charge in [0, 0.05) is 25.3 Å². The van der Waals surface area contributed by atoms with Crippen LogP contribution in [-0.4, -0.2) is 32.8 Å². The fraction of sp³-hybridized carbons (Fsp3) is 0.533. The number of hydrogen-bond acceptors (Lipinski definition) is 3. The van der Waals surface area contributed by atoms with E-state index in [9.17, 15) is 0 Å².